The lowest BCUT2D eigenvalue weighted by Crippen LogP contribution is -2.27. The van der Waals surface area contributed by atoms with Crippen LogP contribution in [-0.4, -0.2) is 36.1 Å². The predicted molar refractivity (Wildman–Crippen MR) is 65.2 cm³/mol. The van der Waals surface area contributed by atoms with E-state index in [4.69, 9.17) is 4.74 Å². The number of aromatic nitrogens is 1. The zero-order valence-corrected chi connectivity index (χ0v) is 10.8. The van der Waals surface area contributed by atoms with E-state index in [0.717, 1.165) is 29.9 Å². The molecule has 15 heavy (non-hydrogen) atoms. The van der Waals surface area contributed by atoms with E-state index in [1.165, 1.54) is 0 Å². The van der Waals surface area contributed by atoms with Crippen LogP contribution in [0.25, 0.3) is 0 Å². The van der Waals surface area contributed by atoms with E-state index in [1.54, 1.807) is 12.4 Å². The zero-order valence-electron chi connectivity index (χ0n) is 9.24. The molecule has 0 amide bonds. The Kier molecular flexibility index (Phi) is 5.65. The molecule has 3 nitrogen and oxygen atoms in total. The molecule has 0 saturated heterocycles. The van der Waals surface area contributed by atoms with Gasteiger partial charge < -0.3 is 9.64 Å². The normalized spacial score (nSPS) is 10.7. The maximum atomic E-state index is 5.59. The maximum Gasteiger partial charge on any atom is 0.138 e. The Labute approximate surface area is 99.6 Å². The van der Waals surface area contributed by atoms with Gasteiger partial charge in [-0.25, -0.2) is 0 Å². The van der Waals surface area contributed by atoms with Gasteiger partial charge in [-0.3, -0.25) is 4.98 Å². The average Bonchev–Trinajstić information content (AvgIpc) is 2.25. The van der Waals surface area contributed by atoms with E-state index >= 15 is 0 Å². The van der Waals surface area contributed by atoms with Gasteiger partial charge in [-0.1, -0.05) is 13.8 Å². The number of hydrogen-bond donors (Lipinski definition) is 0. The lowest BCUT2D eigenvalue weighted by molar-refractivity contribution is 0.222. The van der Waals surface area contributed by atoms with Crippen LogP contribution in [0.2, 0.25) is 0 Å². The van der Waals surface area contributed by atoms with Crippen molar-refractivity contribution in [2.24, 2.45) is 0 Å². The quantitative estimate of drug-likeness (QED) is 0.796. The molecule has 1 aromatic rings. The predicted octanol–water partition coefficient (Wildman–Crippen LogP) is 2.56. The second-order valence-electron chi connectivity index (χ2n) is 3.21. The van der Waals surface area contributed by atoms with Crippen molar-refractivity contribution in [3.05, 3.63) is 22.9 Å². The molecule has 0 unspecified atom stereocenters. The van der Waals surface area contributed by atoms with Crippen molar-refractivity contribution in [2.75, 3.05) is 26.2 Å². The molecule has 1 heterocycles. The van der Waals surface area contributed by atoms with E-state index in [2.05, 4.69) is 39.7 Å². The first-order chi connectivity index (χ1) is 7.26. The summed E-state index contributed by atoms with van der Waals surface area (Å²) in [5.41, 5.74) is 0. The highest BCUT2D eigenvalue weighted by Crippen LogP contribution is 2.15. The van der Waals surface area contributed by atoms with Gasteiger partial charge in [0.2, 0.25) is 0 Å². The van der Waals surface area contributed by atoms with Crippen LogP contribution in [0, 0.1) is 0 Å². The molecule has 0 aromatic carbocycles. The van der Waals surface area contributed by atoms with Crippen molar-refractivity contribution in [2.45, 2.75) is 13.8 Å². The monoisotopic (exact) mass is 272 g/mol. The minimum absolute atomic E-state index is 0.708. The highest BCUT2D eigenvalue weighted by molar-refractivity contribution is 9.10. The van der Waals surface area contributed by atoms with E-state index in [0.29, 0.717) is 6.61 Å². The fourth-order valence-corrected chi connectivity index (χ4v) is 1.65. The average molecular weight is 273 g/mol. The van der Waals surface area contributed by atoms with E-state index < -0.39 is 0 Å². The molecule has 1 aromatic heterocycles. The number of nitrogens with zero attached hydrogens (tertiary/aromatic N) is 2. The summed E-state index contributed by atoms with van der Waals surface area (Å²) < 4.78 is 6.53. The molecule has 0 aliphatic heterocycles. The van der Waals surface area contributed by atoms with E-state index in [1.807, 2.05) is 6.07 Å². The molecular weight excluding hydrogens is 256 g/mol. The summed E-state index contributed by atoms with van der Waals surface area (Å²) in [6.07, 6.45) is 3.48. The number of rotatable bonds is 6. The van der Waals surface area contributed by atoms with Crippen LogP contribution in [0.3, 0.4) is 0 Å². The first-order valence-corrected chi connectivity index (χ1v) is 6.01. The van der Waals surface area contributed by atoms with Crippen molar-refractivity contribution in [1.82, 2.24) is 9.88 Å². The van der Waals surface area contributed by atoms with Gasteiger partial charge in [0.25, 0.3) is 0 Å². The van der Waals surface area contributed by atoms with E-state index in [9.17, 15) is 0 Å². The molecule has 1 rings (SSSR count). The second kappa shape index (κ2) is 6.80. The number of hydrogen-bond acceptors (Lipinski definition) is 3. The number of likely N-dealkylation sites (N-methyl/N-ethyl adjacent to an activating group) is 1. The summed E-state index contributed by atoms with van der Waals surface area (Å²) in [5, 5.41) is 0. The topological polar surface area (TPSA) is 25.4 Å². The van der Waals surface area contributed by atoms with Crippen molar-refractivity contribution in [3.8, 4) is 5.75 Å². The zero-order chi connectivity index (χ0) is 11.1. The molecular formula is C11H17BrN2O. The summed E-state index contributed by atoms with van der Waals surface area (Å²) in [7, 11) is 0. The fourth-order valence-electron chi connectivity index (χ4n) is 1.30. The second-order valence-corrected chi connectivity index (χ2v) is 4.13. The number of halogens is 1. The van der Waals surface area contributed by atoms with Gasteiger partial charge >= 0.3 is 0 Å². The van der Waals surface area contributed by atoms with Gasteiger partial charge in [-0.2, -0.15) is 0 Å². The minimum atomic E-state index is 0.708. The van der Waals surface area contributed by atoms with E-state index in [-0.39, 0.29) is 0 Å². The molecule has 0 N–H and O–H groups in total. The number of pyridine rings is 1. The third-order valence-electron chi connectivity index (χ3n) is 2.25. The standard InChI is InChI=1S/C11H17BrN2O/c1-3-14(4-2)5-6-15-11-7-10(12)8-13-9-11/h7-9H,3-6H2,1-2H3. The van der Waals surface area contributed by atoms with Gasteiger partial charge in [0.05, 0.1) is 6.20 Å². The fraction of sp³-hybridized carbons (Fsp3) is 0.545. The SMILES string of the molecule is CCN(CC)CCOc1cncc(Br)c1. The molecule has 0 saturated carbocycles. The Bertz CT molecular complexity index is 290. The van der Waals surface area contributed by atoms with Crippen LogP contribution < -0.4 is 4.74 Å². The molecule has 0 radical (unpaired) electrons. The number of ether oxygens (including phenoxy) is 1. The first kappa shape index (κ1) is 12.5. The van der Waals surface area contributed by atoms with Gasteiger partial charge in [0.1, 0.15) is 12.4 Å². The lowest BCUT2D eigenvalue weighted by Gasteiger charge is -2.17. The molecule has 84 valence electrons. The van der Waals surface area contributed by atoms with Crippen LogP contribution in [0.4, 0.5) is 0 Å². The van der Waals surface area contributed by atoms with Crippen LogP contribution >= 0.6 is 15.9 Å². The van der Waals surface area contributed by atoms with Gasteiger partial charge in [-0.15, -0.1) is 0 Å². The molecule has 4 heteroatoms. The third-order valence-corrected chi connectivity index (χ3v) is 2.68. The largest absolute Gasteiger partial charge is 0.491 e. The van der Waals surface area contributed by atoms with Crippen molar-refractivity contribution < 1.29 is 4.74 Å². The van der Waals surface area contributed by atoms with Crippen LogP contribution in [0.1, 0.15) is 13.8 Å². The summed E-state index contributed by atoms with van der Waals surface area (Å²) in [6.45, 7) is 8.11. The van der Waals surface area contributed by atoms with Crippen LogP contribution in [0.5, 0.6) is 5.75 Å². The Morgan fingerprint density at radius 1 is 1.33 bits per heavy atom. The molecule has 0 aliphatic carbocycles. The smallest absolute Gasteiger partial charge is 0.138 e. The minimum Gasteiger partial charge on any atom is -0.491 e. The molecule has 0 spiro atoms. The molecule has 0 bridgehead atoms. The first-order valence-electron chi connectivity index (χ1n) is 5.22. The van der Waals surface area contributed by atoms with Gasteiger partial charge in [0, 0.05) is 17.2 Å². The highest BCUT2D eigenvalue weighted by Gasteiger charge is 1.99. The third kappa shape index (κ3) is 4.62. The van der Waals surface area contributed by atoms with Crippen molar-refractivity contribution in [3.63, 3.8) is 0 Å². The summed E-state index contributed by atoms with van der Waals surface area (Å²) in [4.78, 5) is 6.36. The van der Waals surface area contributed by atoms with Gasteiger partial charge in [-0.05, 0) is 35.1 Å². The summed E-state index contributed by atoms with van der Waals surface area (Å²) in [6, 6.07) is 1.93. The van der Waals surface area contributed by atoms with Crippen LogP contribution in [-0.2, 0) is 0 Å². The molecule has 0 aliphatic rings. The highest BCUT2D eigenvalue weighted by atomic mass is 79.9. The molecule has 0 fully saturated rings. The Morgan fingerprint density at radius 2 is 2.07 bits per heavy atom. The Balaban J connectivity index is 2.31. The lowest BCUT2D eigenvalue weighted by atomic mass is 10.4. The van der Waals surface area contributed by atoms with Crippen molar-refractivity contribution in [1.29, 1.82) is 0 Å². The Morgan fingerprint density at radius 3 is 2.67 bits per heavy atom. The maximum absolute atomic E-state index is 5.59. The van der Waals surface area contributed by atoms with Crippen molar-refractivity contribution >= 4 is 15.9 Å². The molecule has 0 atom stereocenters. The summed E-state index contributed by atoms with van der Waals surface area (Å²) in [5.74, 6) is 0.816. The summed E-state index contributed by atoms with van der Waals surface area (Å²) >= 11 is 3.36. The Hall–Kier alpha value is -0.610. The van der Waals surface area contributed by atoms with Gasteiger partial charge in [0.15, 0.2) is 0 Å². The van der Waals surface area contributed by atoms with Crippen LogP contribution in [0.15, 0.2) is 22.9 Å².